The number of carbonyl (C=O) groups is 2. The highest BCUT2D eigenvalue weighted by Gasteiger charge is 2.32. The molecule has 7 heteroatoms. The van der Waals surface area contributed by atoms with Gasteiger partial charge < -0.3 is 25.2 Å². The van der Waals surface area contributed by atoms with Crippen molar-refractivity contribution in [2.75, 3.05) is 20.3 Å². The third-order valence-electron chi connectivity index (χ3n) is 3.17. The van der Waals surface area contributed by atoms with Crippen LogP contribution in [0.4, 0.5) is 4.79 Å². The molecule has 0 bridgehead atoms. The van der Waals surface area contributed by atoms with Gasteiger partial charge in [0.15, 0.2) is 0 Å². The van der Waals surface area contributed by atoms with Crippen molar-refractivity contribution in [3.8, 4) is 0 Å². The molecule has 1 saturated heterocycles. The van der Waals surface area contributed by atoms with Gasteiger partial charge in [0.1, 0.15) is 6.04 Å². The minimum atomic E-state index is -1.15. The molecule has 0 saturated carbocycles. The highest BCUT2D eigenvalue weighted by atomic mass is 16.5. The molecule has 0 aliphatic carbocycles. The van der Waals surface area contributed by atoms with Crippen molar-refractivity contribution in [3.63, 3.8) is 0 Å². The average molecular weight is 260 g/mol. The first-order valence-electron chi connectivity index (χ1n) is 5.96. The van der Waals surface area contributed by atoms with E-state index in [2.05, 4.69) is 5.32 Å². The second-order valence-electron chi connectivity index (χ2n) is 4.40. The molecular formula is C11H20N2O5. The second-order valence-corrected chi connectivity index (χ2v) is 4.40. The van der Waals surface area contributed by atoms with Gasteiger partial charge in [0.05, 0.1) is 12.1 Å². The number of carbonyl (C=O) groups excluding carboxylic acids is 1. The van der Waals surface area contributed by atoms with Gasteiger partial charge in [-0.15, -0.1) is 0 Å². The van der Waals surface area contributed by atoms with Gasteiger partial charge in [0.2, 0.25) is 0 Å². The highest BCUT2D eigenvalue weighted by Crippen LogP contribution is 2.18. The number of carboxylic acid groups (broad SMARTS) is 1. The Labute approximate surface area is 106 Å². The summed E-state index contributed by atoms with van der Waals surface area (Å²) >= 11 is 0. The number of likely N-dealkylation sites (N-methyl/N-ethyl adjacent to an activating group) is 1. The van der Waals surface area contributed by atoms with E-state index in [0.717, 1.165) is 6.42 Å². The van der Waals surface area contributed by atoms with E-state index >= 15 is 0 Å². The van der Waals surface area contributed by atoms with Gasteiger partial charge in [0.25, 0.3) is 0 Å². The number of aliphatic carboxylic acids is 1. The molecule has 7 nitrogen and oxygen atoms in total. The zero-order valence-electron chi connectivity index (χ0n) is 10.6. The van der Waals surface area contributed by atoms with Gasteiger partial charge in [-0.1, -0.05) is 0 Å². The minimum Gasteiger partial charge on any atom is -0.480 e. The van der Waals surface area contributed by atoms with Crippen molar-refractivity contribution in [2.45, 2.75) is 38.0 Å². The predicted octanol–water partition coefficient (Wildman–Crippen LogP) is -0.359. The van der Waals surface area contributed by atoms with Crippen LogP contribution < -0.4 is 5.32 Å². The molecule has 3 N–H and O–H groups in total. The Hall–Kier alpha value is -1.34. The molecule has 0 aromatic heterocycles. The molecular weight excluding hydrogens is 240 g/mol. The van der Waals surface area contributed by atoms with E-state index in [9.17, 15) is 9.59 Å². The molecule has 0 spiro atoms. The average Bonchev–Trinajstić information content (AvgIpc) is 2.73. The quantitative estimate of drug-likeness (QED) is 0.627. The molecule has 0 aromatic rings. The van der Waals surface area contributed by atoms with E-state index in [1.165, 1.54) is 4.90 Å². The third-order valence-corrected chi connectivity index (χ3v) is 3.17. The van der Waals surface area contributed by atoms with Crippen LogP contribution in [-0.4, -0.2) is 65.6 Å². The molecule has 104 valence electrons. The first kappa shape index (κ1) is 14.7. The lowest BCUT2D eigenvalue weighted by Crippen LogP contribution is -2.51. The minimum absolute atomic E-state index is 0.00830. The number of urea groups is 1. The Morgan fingerprint density at radius 3 is 2.67 bits per heavy atom. The molecule has 0 radical (unpaired) electrons. The molecule has 1 heterocycles. The molecule has 1 aliphatic rings. The van der Waals surface area contributed by atoms with Gasteiger partial charge in [-0.2, -0.15) is 0 Å². The summed E-state index contributed by atoms with van der Waals surface area (Å²) in [5, 5.41) is 20.0. The zero-order chi connectivity index (χ0) is 13.7. The van der Waals surface area contributed by atoms with Crippen molar-refractivity contribution >= 4 is 12.0 Å². The maximum absolute atomic E-state index is 11.9. The SMILES string of the molecule is CC1OCCC1N(C)C(=O)NC(CCO)C(=O)O. The number of nitrogens with zero attached hydrogens (tertiary/aromatic N) is 1. The Bertz CT molecular complexity index is 310. The highest BCUT2D eigenvalue weighted by molar-refractivity contribution is 5.82. The lowest BCUT2D eigenvalue weighted by molar-refractivity contribution is -0.139. The first-order valence-corrected chi connectivity index (χ1v) is 5.96. The fourth-order valence-corrected chi connectivity index (χ4v) is 2.02. The van der Waals surface area contributed by atoms with Crippen LogP contribution in [0.5, 0.6) is 0 Å². The summed E-state index contributed by atoms with van der Waals surface area (Å²) < 4.78 is 5.36. The maximum atomic E-state index is 11.9. The lowest BCUT2D eigenvalue weighted by atomic mass is 10.1. The summed E-state index contributed by atoms with van der Waals surface area (Å²) in [6.07, 6.45) is 0.677. The van der Waals surface area contributed by atoms with Gasteiger partial charge in [-0.3, -0.25) is 0 Å². The Balaban J connectivity index is 2.55. The summed E-state index contributed by atoms with van der Waals surface area (Å²) in [7, 11) is 1.61. The number of hydrogen-bond acceptors (Lipinski definition) is 4. The van der Waals surface area contributed by atoms with E-state index in [-0.39, 0.29) is 25.2 Å². The van der Waals surface area contributed by atoms with Crippen LogP contribution in [0, 0.1) is 0 Å². The Morgan fingerprint density at radius 1 is 1.56 bits per heavy atom. The van der Waals surface area contributed by atoms with Crippen LogP contribution in [0.2, 0.25) is 0 Å². The van der Waals surface area contributed by atoms with Crippen molar-refractivity contribution in [1.29, 1.82) is 0 Å². The molecule has 3 atom stereocenters. The van der Waals surface area contributed by atoms with Crippen molar-refractivity contribution < 1.29 is 24.5 Å². The van der Waals surface area contributed by atoms with Crippen molar-refractivity contribution in [2.24, 2.45) is 0 Å². The van der Waals surface area contributed by atoms with Crippen LogP contribution in [-0.2, 0) is 9.53 Å². The van der Waals surface area contributed by atoms with Crippen molar-refractivity contribution in [3.05, 3.63) is 0 Å². The molecule has 2 amide bonds. The summed E-state index contributed by atoms with van der Waals surface area (Å²) in [6.45, 7) is 2.19. The number of amides is 2. The van der Waals surface area contributed by atoms with E-state index in [1.807, 2.05) is 6.92 Å². The molecule has 0 aromatic carbocycles. The van der Waals surface area contributed by atoms with Gasteiger partial charge in [-0.05, 0) is 13.3 Å². The topological polar surface area (TPSA) is 99.1 Å². The smallest absolute Gasteiger partial charge is 0.326 e. The van der Waals surface area contributed by atoms with E-state index < -0.39 is 18.0 Å². The number of rotatable bonds is 5. The monoisotopic (exact) mass is 260 g/mol. The van der Waals surface area contributed by atoms with Crippen LogP contribution in [0.25, 0.3) is 0 Å². The van der Waals surface area contributed by atoms with E-state index in [0.29, 0.717) is 6.61 Å². The van der Waals surface area contributed by atoms with Gasteiger partial charge in [-0.25, -0.2) is 9.59 Å². The fraction of sp³-hybridized carbons (Fsp3) is 0.818. The number of hydrogen-bond donors (Lipinski definition) is 3. The van der Waals surface area contributed by atoms with E-state index in [1.54, 1.807) is 7.05 Å². The van der Waals surface area contributed by atoms with Crippen LogP contribution in [0.3, 0.4) is 0 Å². The van der Waals surface area contributed by atoms with Crippen LogP contribution in [0.15, 0.2) is 0 Å². The number of aliphatic hydroxyl groups is 1. The molecule has 1 fully saturated rings. The van der Waals surface area contributed by atoms with Gasteiger partial charge in [0, 0.05) is 26.7 Å². The summed E-state index contributed by atoms with van der Waals surface area (Å²) in [6, 6.07) is -1.57. The fourth-order valence-electron chi connectivity index (χ4n) is 2.02. The Kier molecular flexibility index (Phi) is 5.36. The second kappa shape index (κ2) is 6.55. The first-order chi connectivity index (χ1) is 8.47. The summed E-state index contributed by atoms with van der Waals surface area (Å²) in [5.74, 6) is -1.15. The lowest BCUT2D eigenvalue weighted by Gasteiger charge is -2.28. The van der Waals surface area contributed by atoms with Gasteiger partial charge >= 0.3 is 12.0 Å². The molecule has 1 aliphatic heterocycles. The Morgan fingerprint density at radius 2 is 2.22 bits per heavy atom. The van der Waals surface area contributed by atoms with Crippen LogP contribution in [0.1, 0.15) is 19.8 Å². The largest absolute Gasteiger partial charge is 0.480 e. The van der Waals surface area contributed by atoms with Crippen molar-refractivity contribution in [1.82, 2.24) is 10.2 Å². The predicted molar refractivity (Wildman–Crippen MR) is 63.2 cm³/mol. The zero-order valence-corrected chi connectivity index (χ0v) is 10.6. The van der Waals surface area contributed by atoms with E-state index in [4.69, 9.17) is 14.9 Å². The third kappa shape index (κ3) is 3.58. The number of ether oxygens (including phenoxy) is 1. The molecule has 3 unspecified atom stereocenters. The summed E-state index contributed by atoms with van der Waals surface area (Å²) in [4.78, 5) is 24.2. The summed E-state index contributed by atoms with van der Waals surface area (Å²) in [5.41, 5.74) is 0. The number of nitrogens with one attached hydrogen (secondary N) is 1. The van der Waals surface area contributed by atoms with Crippen LogP contribution >= 0.6 is 0 Å². The standard InChI is InChI=1S/C11H20N2O5/c1-7-9(4-6-18-7)13(2)11(17)12-8(3-5-14)10(15)16/h7-9,14H,3-6H2,1-2H3,(H,12,17)(H,15,16). The normalized spacial score (nSPS) is 24.6. The molecule has 18 heavy (non-hydrogen) atoms. The number of aliphatic hydroxyl groups excluding tert-OH is 1. The number of carboxylic acids is 1. The molecule has 1 rings (SSSR count). The maximum Gasteiger partial charge on any atom is 0.326 e.